The van der Waals surface area contributed by atoms with Crippen LogP contribution in [-0.2, 0) is 12.4 Å². The molecule has 3 rings (SSSR count). The minimum Gasteiger partial charge on any atom is -0.457 e. The Morgan fingerprint density at radius 1 is 0.750 bits per heavy atom. The molecule has 3 amide bonds. The number of rotatable bonds is 5. The Morgan fingerprint density at radius 2 is 1.31 bits per heavy atom. The second kappa shape index (κ2) is 10.4. The van der Waals surface area contributed by atoms with Crippen molar-refractivity contribution in [1.82, 2.24) is 5.32 Å². The average Bonchev–Trinajstić information content (AvgIpc) is 2.79. The van der Waals surface area contributed by atoms with Crippen molar-refractivity contribution in [3.8, 4) is 11.5 Å². The third-order valence-corrected chi connectivity index (χ3v) is 4.98. The van der Waals surface area contributed by atoms with E-state index in [-0.39, 0.29) is 22.9 Å². The van der Waals surface area contributed by atoms with Gasteiger partial charge >= 0.3 is 18.4 Å². The Hall–Kier alpha value is -3.93. The first-order valence-corrected chi connectivity index (χ1v) is 10.3. The van der Waals surface area contributed by atoms with Crippen molar-refractivity contribution in [2.45, 2.75) is 12.4 Å². The fourth-order valence-electron chi connectivity index (χ4n) is 3.01. The van der Waals surface area contributed by atoms with Crippen molar-refractivity contribution in [1.29, 1.82) is 0 Å². The highest BCUT2D eigenvalue weighted by Crippen LogP contribution is 2.37. The molecule has 36 heavy (non-hydrogen) atoms. The van der Waals surface area contributed by atoms with Crippen LogP contribution in [0, 0.1) is 0 Å². The van der Waals surface area contributed by atoms with Gasteiger partial charge in [-0.3, -0.25) is 4.79 Å². The lowest BCUT2D eigenvalue weighted by Crippen LogP contribution is -2.22. The van der Waals surface area contributed by atoms with Crippen LogP contribution >= 0.6 is 11.6 Å². The van der Waals surface area contributed by atoms with Gasteiger partial charge in [-0.25, -0.2) is 4.79 Å². The Labute approximate surface area is 205 Å². The van der Waals surface area contributed by atoms with Gasteiger partial charge in [-0.2, -0.15) is 26.3 Å². The number of urea groups is 1. The molecule has 0 aliphatic heterocycles. The quantitative estimate of drug-likeness (QED) is 0.305. The molecule has 0 saturated carbocycles. The molecule has 0 unspecified atom stereocenters. The lowest BCUT2D eigenvalue weighted by Gasteiger charge is -2.14. The van der Waals surface area contributed by atoms with Gasteiger partial charge in [-0.05, 0) is 60.7 Å². The van der Waals surface area contributed by atoms with Gasteiger partial charge < -0.3 is 20.7 Å². The van der Waals surface area contributed by atoms with E-state index in [1.54, 1.807) is 0 Å². The molecule has 3 aromatic rings. The summed E-state index contributed by atoms with van der Waals surface area (Å²) in [4.78, 5) is 23.9. The number of carbonyl (C=O) groups excluding carboxylic acids is 2. The van der Waals surface area contributed by atoms with E-state index in [0.717, 1.165) is 12.1 Å². The predicted molar refractivity (Wildman–Crippen MR) is 120 cm³/mol. The Kier molecular flexibility index (Phi) is 7.68. The number of anilines is 2. The number of ether oxygens (including phenoxy) is 1. The van der Waals surface area contributed by atoms with Crippen molar-refractivity contribution < 1.29 is 40.7 Å². The second-order valence-electron chi connectivity index (χ2n) is 7.18. The summed E-state index contributed by atoms with van der Waals surface area (Å²) in [6, 6.07) is 10.3. The summed E-state index contributed by atoms with van der Waals surface area (Å²) < 4.78 is 84.3. The smallest absolute Gasteiger partial charge is 0.417 e. The van der Waals surface area contributed by atoms with Crippen molar-refractivity contribution in [3.63, 3.8) is 0 Å². The van der Waals surface area contributed by atoms with E-state index in [0.29, 0.717) is 12.1 Å². The molecule has 13 heteroatoms. The van der Waals surface area contributed by atoms with Crippen molar-refractivity contribution in [2.75, 3.05) is 17.7 Å². The number of hydrogen-bond acceptors (Lipinski definition) is 3. The standard InChI is InChI=1S/C23H16ClF6N3O3/c1-31-20(34)16-8-7-15(11-17(16)22(25,26)27)36-14-5-2-12(3-6-14)32-21(35)33-13-4-9-19(24)18(10-13)23(28,29)30/h2-11H,1H3,(H,31,34)(H2,32,33,35). The summed E-state index contributed by atoms with van der Waals surface area (Å²) in [5, 5.41) is 6.26. The number of alkyl halides is 6. The van der Waals surface area contributed by atoms with Crippen LogP contribution in [0.25, 0.3) is 0 Å². The van der Waals surface area contributed by atoms with E-state index in [1.807, 2.05) is 0 Å². The zero-order valence-corrected chi connectivity index (χ0v) is 18.9. The predicted octanol–water partition coefficient (Wildman–Crippen LogP) is 7.17. The number of carbonyl (C=O) groups is 2. The molecule has 0 saturated heterocycles. The van der Waals surface area contributed by atoms with Gasteiger partial charge in [0.1, 0.15) is 11.5 Å². The van der Waals surface area contributed by atoms with E-state index in [1.165, 1.54) is 43.4 Å². The topological polar surface area (TPSA) is 79.5 Å². The maximum Gasteiger partial charge on any atom is 0.417 e. The van der Waals surface area contributed by atoms with Crippen molar-refractivity contribution in [3.05, 3.63) is 82.4 Å². The molecular weight excluding hydrogens is 516 g/mol. The molecule has 6 nitrogen and oxygen atoms in total. The first-order chi connectivity index (χ1) is 16.8. The first kappa shape index (κ1) is 26.7. The minimum atomic E-state index is -4.80. The average molecular weight is 532 g/mol. The van der Waals surface area contributed by atoms with E-state index < -0.39 is 46.0 Å². The number of halogens is 7. The van der Waals surface area contributed by atoms with E-state index in [2.05, 4.69) is 16.0 Å². The first-order valence-electron chi connectivity index (χ1n) is 9.94. The van der Waals surface area contributed by atoms with Gasteiger partial charge in [0.2, 0.25) is 0 Å². The number of benzene rings is 3. The van der Waals surface area contributed by atoms with Crippen LogP contribution in [0.2, 0.25) is 5.02 Å². The Balaban J connectivity index is 1.69. The summed E-state index contributed by atoms with van der Waals surface area (Å²) in [6.45, 7) is 0. The van der Waals surface area contributed by atoms with Crippen molar-refractivity contribution >= 4 is 34.9 Å². The summed E-state index contributed by atoms with van der Waals surface area (Å²) in [6.07, 6.45) is -9.50. The van der Waals surface area contributed by atoms with Gasteiger partial charge in [-0.15, -0.1) is 0 Å². The maximum absolute atomic E-state index is 13.4. The molecule has 0 bridgehead atoms. The molecule has 0 fully saturated rings. The van der Waals surface area contributed by atoms with Crippen LogP contribution in [0.4, 0.5) is 42.5 Å². The van der Waals surface area contributed by atoms with Crippen LogP contribution in [0.5, 0.6) is 11.5 Å². The molecule has 190 valence electrons. The molecular formula is C23H16ClF6N3O3. The number of amides is 3. The van der Waals surface area contributed by atoms with Crippen molar-refractivity contribution in [2.24, 2.45) is 0 Å². The lowest BCUT2D eigenvalue weighted by atomic mass is 10.1. The Bertz CT molecular complexity index is 1280. The molecule has 0 atom stereocenters. The van der Waals surface area contributed by atoms with E-state index in [4.69, 9.17) is 16.3 Å². The molecule has 0 spiro atoms. The van der Waals surface area contributed by atoms with Gasteiger partial charge in [-0.1, -0.05) is 11.6 Å². The van der Waals surface area contributed by atoms with Gasteiger partial charge in [0.05, 0.1) is 21.7 Å². The van der Waals surface area contributed by atoms with Gasteiger partial charge in [0.15, 0.2) is 0 Å². The van der Waals surface area contributed by atoms with Crippen LogP contribution in [0.3, 0.4) is 0 Å². The zero-order valence-electron chi connectivity index (χ0n) is 18.1. The van der Waals surface area contributed by atoms with Crippen LogP contribution in [0.15, 0.2) is 60.7 Å². The fourth-order valence-corrected chi connectivity index (χ4v) is 3.23. The highest BCUT2D eigenvalue weighted by atomic mass is 35.5. The summed E-state index contributed by atoms with van der Waals surface area (Å²) in [7, 11) is 1.21. The largest absolute Gasteiger partial charge is 0.457 e. The molecule has 0 aliphatic rings. The molecule has 0 aliphatic carbocycles. The summed E-state index contributed by atoms with van der Waals surface area (Å²) in [5.41, 5.74) is -2.78. The van der Waals surface area contributed by atoms with Crippen LogP contribution in [0.1, 0.15) is 21.5 Å². The van der Waals surface area contributed by atoms with Gasteiger partial charge in [0.25, 0.3) is 5.91 Å². The molecule has 3 N–H and O–H groups in total. The number of nitrogens with one attached hydrogen (secondary N) is 3. The molecule has 0 aromatic heterocycles. The van der Waals surface area contributed by atoms with Gasteiger partial charge in [0, 0.05) is 18.4 Å². The normalized spacial score (nSPS) is 11.6. The van der Waals surface area contributed by atoms with Crippen LogP contribution < -0.4 is 20.7 Å². The van der Waals surface area contributed by atoms with E-state index in [9.17, 15) is 35.9 Å². The minimum absolute atomic E-state index is 0.120. The molecule has 3 aromatic carbocycles. The maximum atomic E-state index is 13.4. The lowest BCUT2D eigenvalue weighted by molar-refractivity contribution is -0.138. The highest BCUT2D eigenvalue weighted by Gasteiger charge is 2.36. The third-order valence-electron chi connectivity index (χ3n) is 4.65. The zero-order chi connectivity index (χ0) is 26.7. The van der Waals surface area contributed by atoms with Crippen LogP contribution in [-0.4, -0.2) is 19.0 Å². The summed E-state index contributed by atoms with van der Waals surface area (Å²) in [5.74, 6) is -0.971. The number of hydrogen-bond donors (Lipinski definition) is 3. The SMILES string of the molecule is CNC(=O)c1ccc(Oc2ccc(NC(=O)Nc3ccc(Cl)c(C(F)(F)F)c3)cc2)cc1C(F)(F)F. The fraction of sp³-hybridized carbons (Fsp3) is 0.130. The second-order valence-corrected chi connectivity index (χ2v) is 7.59. The van der Waals surface area contributed by atoms with E-state index >= 15 is 0 Å². The third kappa shape index (κ3) is 6.60. The Morgan fingerprint density at radius 3 is 1.89 bits per heavy atom. The highest BCUT2D eigenvalue weighted by molar-refractivity contribution is 6.31. The summed E-state index contributed by atoms with van der Waals surface area (Å²) >= 11 is 5.55. The molecule has 0 heterocycles. The monoisotopic (exact) mass is 531 g/mol. The molecule has 0 radical (unpaired) electrons.